The molecule has 0 saturated heterocycles. The fraction of sp³-hybridized carbons (Fsp3) is 0.438. The third-order valence-corrected chi connectivity index (χ3v) is 7.13. The van der Waals surface area contributed by atoms with Crippen molar-refractivity contribution in [1.29, 1.82) is 0 Å². The number of aryl methyl sites for hydroxylation is 1. The van der Waals surface area contributed by atoms with Crippen molar-refractivity contribution in [2.45, 2.75) is 39.9 Å². The Labute approximate surface area is 276 Å². The van der Waals surface area contributed by atoms with Crippen LogP contribution in [0.5, 0.6) is 11.8 Å². The predicted octanol–water partition coefficient (Wildman–Crippen LogP) is 3.93. The number of halogens is 3. The molecule has 4 aliphatic rings. The first kappa shape index (κ1) is 35.7. The zero-order valence-electron chi connectivity index (χ0n) is 27.4. The molecule has 3 amide bonds. The second-order valence-corrected chi connectivity index (χ2v) is 12.3. The van der Waals surface area contributed by atoms with Crippen LogP contribution in [-0.2, 0) is 16.1 Å². The van der Waals surface area contributed by atoms with E-state index in [1.165, 1.54) is 23.9 Å². The maximum absolute atomic E-state index is 13.1. The lowest BCUT2D eigenvalue weighted by molar-refractivity contribution is -0.154. The van der Waals surface area contributed by atoms with Crippen LogP contribution >= 0.6 is 0 Å². The molecule has 6 bridgehead atoms. The molecule has 3 N–H and O–H groups in total. The predicted molar refractivity (Wildman–Crippen MR) is 171 cm³/mol. The SMILES string of the molecule is Cc1cc2ccc1OCCCN(C(=O)C(=O)N(C)C)CC(C)(C)CNC(=O)c1ccc(cc1)Nc1nc(nc(OCC(F)(F)F)n1)NC2. The zero-order chi connectivity index (χ0) is 35.1. The molecule has 13 nitrogen and oxygen atoms in total. The highest BCUT2D eigenvalue weighted by Crippen LogP contribution is 2.23. The van der Waals surface area contributed by atoms with Gasteiger partial charge >= 0.3 is 24.0 Å². The van der Waals surface area contributed by atoms with Crippen LogP contribution in [0.2, 0.25) is 0 Å². The number of alkyl halides is 3. The smallest absolute Gasteiger partial charge is 0.422 e. The number of carbonyl (C=O) groups excluding carboxylic acids is 3. The van der Waals surface area contributed by atoms with Crippen molar-refractivity contribution in [3.8, 4) is 11.8 Å². The maximum Gasteiger partial charge on any atom is 0.422 e. The highest BCUT2D eigenvalue weighted by atomic mass is 19.4. The largest absolute Gasteiger partial charge is 0.493 e. The van der Waals surface area contributed by atoms with E-state index in [1.807, 2.05) is 32.9 Å². The van der Waals surface area contributed by atoms with E-state index < -0.39 is 36.0 Å². The Kier molecular flexibility index (Phi) is 11.3. The van der Waals surface area contributed by atoms with Gasteiger partial charge < -0.3 is 35.2 Å². The number of benzene rings is 2. The van der Waals surface area contributed by atoms with Gasteiger partial charge in [-0.3, -0.25) is 14.4 Å². The third-order valence-electron chi connectivity index (χ3n) is 7.13. The van der Waals surface area contributed by atoms with Crippen LogP contribution in [0.3, 0.4) is 0 Å². The first-order valence-electron chi connectivity index (χ1n) is 15.2. The van der Waals surface area contributed by atoms with E-state index in [2.05, 4.69) is 30.9 Å². The maximum atomic E-state index is 13.1. The number of hydrogen-bond donors (Lipinski definition) is 3. The quantitative estimate of drug-likeness (QED) is 0.342. The van der Waals surface area contributed by atoms with E-state index >= 15 is 0 Å². The van der Waals surface area contributed by atoms with Gasteiger partial charge in [0, 0.05) is 51.5 Å². The molecular weight excluding hydrogens is 633 g/mol. The third kappa shape index (κ3) is 10.4. The first-order chi connectivity index (χ1) is 22.6. The Morgan fingerprint density at radius 1 is 1.04 bits per heavy atom. The average Bonchev–Trinajstić information content (AvgIpc) is 3.02. The number of nitrogens with one attached hydrogen (secondary N) is 3. The summed E-state index contributed by atoms with van der Waals surface area (Å²) in [5.74, 6) is -1.13. The molecular formula is C32H39F3N8O5. The van der Waals surface area contributed by atoms with E-state index in [0.717, 1.165) is 11.1 Å². The summed E-state index contributed by atoms with van der Waals surface area (Å²) in [6.45, 7) is 5.21. The summed E-state index contributed by atoms with van der Waals surface area (Å²) < 4.78 is 49.4. The molecule has 1 aromatic heterocycles. The van der Waals surface area contributed by atoms with Crippen molar-refractivity contribution < 1.29 is 37.0 Å². The van der Waals surface area contributed by atoms with Gasteiger partial charge in [-0.1, -0.05) is 26.0 Å². The fourth-order valence-corrected chi connectivity index (χ4v) is 4.71. The van der Waals surface area contributed by atoms with Gasteiger partial charge in [-0.25, -0.2) is 0 Å². The number of nitrogens with zero attached hydrogens (tertiary/aromatic N) is 5. The molecule has 0 radical (unpaired) electrons. The number of hydrogen-bond acceptors (Lipinski definition) is 10. The zero-order valence-corrected chi connectivity index (χ0v) is 27.4. The minimum atomic E-state index is -4.60. The summed E-state index contributed by atoms with van der Waals surface area (Å²) in [5.41, 5.74) is 1.83. The number of likely N-dealkylation sites (N-methyl/N-ethyl adjacent to an activating group) is 1. The molecule has 2 aromatic carbocycles. The van der Waals surface area contributed by atoms with Crippen LogP contribution in [0.15, 0.2) is 42.5 Å². The fourth-order valence-electron chi connectivity index (χ4n) is 4.71. The first-order valence-corrected chi connectivity index (χ1v) is 15.2. The van der Waals surface area contributed by atoms with Crippen molar-refractivity contribution in [3.05, 3.63) is 59.2 Å². The minimum Gasteiger partial charge on any atom is -0.493 e. The van der Waals surface area contributed by atoms with Crippen molar-refractivity contribution in [3.63, 3.8) is 0 Å². The molecule has 0 fully saturated rings. The molecule has 48 heavy (non-hydrogen) atoms. The van der Waals surface area contributed by atoms with Crippen LogP contribution in [0.4, 0.5) is 30.8 Å². The standard InChI is InChI=1S/C32H39F3N8O5/c1-20-15-21-7-12-24(20)47-14-6-13-43(27(46)26(45)42(4)5)18-31(2,3)17-37-25(44)22-8-10-23(11-9-22)38-29-39-28(36-16-21)40-30(41-29)48-19-32(33,34)35/h7-12,15H,6,13-14,16-19H2,1-5H3,(H,37,44)(H2,36,38,39,40,41). The van der Waals surface area contributed by atoms with Crippen molar-refractivity contribution in [1.82, 2.24) is 30.1 Å². The number of aromatic nitrogens is 3. The second-order valence-electron chi connectivity index (χ2n) is 12.3. The number of rotatable bonds is 2. The summed E-state index contributed by atoms with van der Waals surface area (Å²) in [7, 11) is 3.03. The van der Waals surface area contributed by atoms with Crippen LogP contribution in [0.25, 0.3) is 0 Å². The monoisotopic (exact) mass is 672 g/mol. The van der Waals surface area contributed by atoms with E-state index in [0.29, 0.717) is 23.4 Å². The van der Waals surface area contributed by atoms with Crippen molar-refractivity contribution in [2.24, 2.45) is 5.41 Å². The molecule has 0 spiro atoms. The Bertz CT molecular complexity index is 1620. The van der Waals surface area contributed by atoms with Gasteiger partial charge in [0.15, 0.2) is 6.61 Å². The number of amides is 3. The molecule has 5 heterocycles. The molecule has 258 valence electrons. The highest BCUT2D eigenvalue weighted by molar-refractivity contribution is 6.34. The minimum absolute atomic E-state index is 0.0254. The van der Waals surface area contributed by atoms with Gasteiger partial charge in [0.25, 0.3) is 5.91 Å². The lowest BCUT2D eigenvalue weighted by Gasteiger charge is -2.33. The Hall–Kier alpha value is -5.15. The van der Waals surface area contributed by atoms with Crippen molar-refractivity contribution in [2.75, 3.05) is 57.6 Å². The lowest BCUT2D eigenvalue weighted by Crippen LogP contribution is -2.49. The lowest BCUT2D eigenvalue weighted by atomic mass is 9.92. The molecule has 0 aliphatic carbocycles. The Morgan fingerprint density at radius 2 is 1.75 bits per heavy atom. The van der Waals surface area contributed by atoms with Crippen molar-refractivity contribution >= 4 is 35.3 Å². The van der Waals surface area contributed by atoms with E-state index in [9.17, 15) is 27.6 Å². The van der Waals surface area contributed by atoms with Crippen LogP contribution in [-0.4, -0.2) is 95.6 Å². The summed E-state index contributed by atoms with van der Waals surface area (Å²) in [6.07, 6.45) is -4.15. The molecule has 4 aliphatic heterocycles. The van der Waals surface area contributed by atoms with E-state index in [1.54, 1.807) is 30.3 Å². The highest BCUT2D eigenvalue weighted by Gasteiger charge is 2.31. The van der Waals surface area contributed by atoms with Gasteiger partial charge in [0.1, 0.15) is 5.75 Å². The molecule has 0 unspecified atom stereocenters. The van der Waals surface area contributed by atoms with Crippen LogP contribution in [0.1, 0.15) is 41.8 Å². The number of ether oxygens (including phenoxy) is 2. The summed E-state index contributed by atoms with van der Waals surface area (Å²) in [4.78, 5) is 53.6. The molecule has 7 rings (SSSR count). The van der Waals surface area contributed by atoms with Gasteiger partial charge in [-0.15, -0.1) is 0 Å². The molecule has 16 heteroatoms. The van der Waals surface area contributed by atoms with Gasteiger partial charge in [-0.2, -0.15) is 28.1 Å². The summed E-state index contributed by atoms with van der Waals surface area (Å²) >= 11 is 0. The van der Waals surface area contributed by atoms with E-state index in [4.69, 9.17) is 9.47 Å². The average molecular weight is 673 g/mol. The molecule has 0 saturated carbocycles. The topological polar surface area (TPSA) is 151 Å². The van der Waals surface area contributed by atoms with Gasteiger partial charge in [0.2, 0.25) is 11.9 Å². The number of carbonyl (C=O) groups is 3. The van der Waals surface area contributed by atoms with E-state index in [-0.39, 0.29) is 50.6 Å². The Morgan fingerprint density at radius 3 is 2.42 bits per heavy atom. The summed E-state index contributed by atoms with van der Waals surface area (Å²) in [5, 5.41) is 8.78. The Balaban J connectivity index is 1.62. The molecule has 0 atom stereocenters. The summed E-state index contributed by atoms with van der Waals surface area (Å²) in [6, 6.07) is 11.3. The normalized spacial score (nSPS) is 15.7. The number of anilines is 3. The molecule has 3 aromatic rings. The second kappa shape index (κ2) is 15.2. The van der Waals surface area contributed by atoms with Gasteiger partial charge in [-0.05, 0) is 60.2 Å². The van der Waals surface area contributed by atoms with Crippen LogP contribution in [0, 0.1) is 12.3 Å². The van der Waals surface area contributed by atoms with Gasteiger partial charge in [0.05, 0.1) is 6.61 Å². The van der Waals surface area contributed by atoms with Crippen LogP contribution < -0.4 is 25.4 Å².